The van der Waals surface area contributed by atoms with E-state index in [-0.39, 0.29) is 118 Å². The van der Waals surface area contributed by atoms with Crippen LogP contribution < -0.4 is 106 Å². The van der Waals surface area contributed by atoms with Gasteiger partial charge in [0.05, 0.1) is 43.6 Å². The molecule has 16 nitrogen and oxygen atoms in total. The molecule has 0 fully saturated rings. The second kappa shape index (κ2) is 21.1. The Labute approximate surface area is 383 Å². The summed E-state index contributed by atoms with van der Waals surface area (Å²) in [5.41, 5.74) is 6.67. The maximum Gasteiger partial charge on any atom is 1.00 e. The summed E-state index contributed by atoms with van der Waals surface area (Å²) < 4.78 is 19.0. The van der Waals surface area contributed by atoms with Crippen LogP contribution in [-0.2, 0) is 24.9 Å². The number of imidazole rings is 1. The monoisotopic (exact) mass is 904 g/mol. The SMILES string of the molecule is COc1ncc(-c2nc3c(n2CCCN(N)/C=C(\N)CNC(=O)OC(C)(C)C)CN(c2cc(Cl)cn(C)c2=O)C3=O)c(OC)n1.Clc1ccccc1.[CH3-].[Cs+]. The zero-order valence-electron chi connectivity index (χ0n) is 31.7. The summed E-state index contributed by atoms with van der Waals surface area (Å²) in [5.74, 6) is 6.31. The van der Waals surface area contributed by atoms with Gasteiger partial charge in [-0.25, -0.2) is 20.6 Å². The Morgan fingerprint density at radius 2 is 1.78 bits per heavy atom. The molecule has 3 aromatic heterocycles. The predicted octanol–water partition coefficient (Wildman–Crippen LogP) is 1.55. The molecule has 19 heteroatoms. The van der Waals surface area contributed by atoms with Crippen molar-refractivity contribution in [3.05, 3.63) is 99.9 Å². The van der Waals surface area contributed by atoms with Gasteiger partial charge in [-0.3, -0.25) is 14.5 Å². The second-order valence-corrected chi connectivity index (χ2v) is 13.3. The largest absolute Gasteiger partial charge is 1.00 e. The number of hydrogen-bond donors (Lipinski definition) is 3. The number of hydrazine groups is 1. The average molecular weight is 906 g/mol. The number of benzene rings is 1. The van der Waals surface area contributed by atoms with Crippen LogP contribution in [0.4, 0.5) is 10.5 Å². The number of aryl methyl sites for hydroxylation is 1. The number of nitrogens with zero attached hydrogens (tertiary/aromatic N) is 7. The number of nitrogens with two attached hydrogens (primary N) is 2. The molecule has 0 saturated heterocycles. The molecule has 0 radical (unpaired) electrons. The average Bonchev–Trinajstić information content (AvgIpc) is 3.60. The van der Waals surface area contributed by atoms with E-state index in [4.69, 9.17) is 49.0 Å². The molecule has 0 bridgehead atoms. The fraction of sp³-hybridized carbons (Fsp3) is 0.343. The van der Waals surface area contributed by atoms with Gasteiger partial charge in [-0.05, 0) is 45.4 Å². The third-order valence-corrected chi connectivity index (χ3v) is 7.76. The standard InChI is InChI=1S/C28H37ClN10O6.C6H5Cl.CH3.Cs/c1-28(2,3)45-27(42)33-11-17(30)14-37(31)8-7-9-38-20-15-39(19-10-16(29)13-36(4)24(19)40)25(41)21(20)34-22(38)18-12-32-26(44-6)35-23(18)43-5;7-6-4-2-1-3-5-6;;/h10,12-14H,7-9,11,15,30-31H2,1-6H3,(H,33,42);1-5H;1H3;/q;;-1;+1/b17-14-;;;. The number of aromatic nitrogens is 5. The van der Waals surface area contributed by atoms with Gasteiger partial charge in [0.1, 0.15) is 17.1 Å². The molecule has 286 valence electrons. The molecular formula is C35H45Cl2CsN10O6. The van der Waals surface area contributed by atoms with Gasteiger partial charge in [0.25, 0.3) is 11.5 Å². The molecule has 0 atom stereocenters. The van der Waals surface area contributed by atoms with Gasteiger partial charge in [0.2, 0.25) is 5.88 Å². The van der Waals surface area contributed by atoms with Gasteiger partial charge in [0.15, 0.2) is 5.69 Å². The van der Waals surface area contributed by atoms with Gasteiger partial charge < -0.3 is 46.8 Å². The third-order valence-electron chi connectivity index (χ3n) is 7.30. The molecule has 0 spiro atoms. The molecule has 0 saturated carbocycles. The van der Waals surface area contributed by atoms with Crippen molar-refractivity contribution in [2.75, 3.05) is 32.2 Å². The van der Waals surface area contributed by atoms with Crippen LogP contribution in [0.15, 0.2) is 65.5 Å². The molecule has 5 rings (SSSR count). The molecule has 54 heavy (non-hydrogen) atoms. The summed E-state index contributed by atoms with van der Waals surface area (Å²) >= 11 is 11.7. The maximum absolute atomic E-state index is 13.6. The molecule has 1 aliphatic heterocycles. The Bertz CT molecular complexity index is 1990. The van der Waals surface area contributed by atoms with Crippen molar-refractivity contribution in [1.82, 2.24) is 34.4 Å². The Morgan fingerprint density at radius 1 is 1.09 bits per heavy atom. The van der Waals surface area contributed by atoms with Crippen LogP contribution >= 0.6 is 23.2 Å². The number of halogens is 2. The number of amides is 2. The molecule has 0 aliphatic carbocycles. The molecule has 5 N–H and O–H groups in total. The number of hydrogen-bond acceptors (Lipinski definition) is 12. The first-order valence-corrected chi connectivity index (χ1v) is 16.7. The van der Waals surface area contributed by atoms with E-state index < -0.39 is 17.6 Å². The number of alkyl carbamates (subject to hydrolysis) is 1. The first-order chi connectivity index (χ1) is 24.6. The van der Waals surface area contributed by atoms with Crippen LogP contribution in [0.2, 0.25) is 10.0 Å². The van der Waals surface area contributed by atoms with E-state index in [1.165, 1.54) is 53.4 Å². The van der Waals surface area contributed by atoms with Gasteiger partial charge in [-0.15, -0.1) is 0 Å². The summed E-state index contributed by atoms with van der Waals surface area (Å²) in [6, 6.07) is 11.0. The molecule has 0 unspecified atom stereocenters. The Hall–Kier alpha value is -3.27. The van der Waals surface area contributed by atoms with Crippen molar-refractivity contribution in [2.24, 2.45) is 18.6 Å². The number of methoxy groups -OCH3 is 2. The first kappa shape index (κ1) is 46.9. The van der Waals surface area contributed by atoms with Gasteiger partial charge in [-0.1, -0.05) is 41.4 Å². The van der Waals surface area contributed by atoms with Crippen molar-refractivity contribution in [3.63, 3.8) is 0 Å². The van der Waals surface area contributed by atoms with E-state index in [1.54, 1.807) is 27.8 Å². The number of nitrogens with one attached hydrogen (secondary N) is 1. The van der Waals surface area contributed by atoms with Crippen molar-refractivity contribution in [3.8, 4) is 23.3 Å². The molecule has 1 aromatic carbocycles. The summed E-state index contributed by atoms with van der Waals surface area (Å²) in [5, 5.41) is 5.08. The Kier molecular flexibility index (Phi) is 18.4. The number of carbonyl (C=O) groups is 2. The number of rotatable bonds is 11. The molecule has 2 amide bonds. The Morgan fingerprint density at radius 3 is 2.37 bits per heavy atom. The second-order valence-electron chi connectivity index (χ2n) is 12.5. The van der Waals surface area contributed by atoms with E-state index in [2.05, 4.69) is 20.3 Å². The zero-order chi connectivity index (χ0) is 38.2. The number of ether oxygens (including phenoxy) is 3. The van der Waals surface area contributed by atoms with Crippen molar-refractivity contribution >= 4 is 40.9 Å². The minimum atomic E-state index is -0.637. The van der Waals surface area contributed by atoms with Crippen LogP contribution in [0, 0.1) is 7.43 Å². The van der Waals surface area contributed by atoms with Crippen LogP contribution in [-0.4, -0.2) is 74.0 Å². The number of pyridine rings is 1. The normalized spacial score (nSPS) is 12.1. The molecule has 4 heterocycles. The van der Waals surface area contributed by atoms with Crippen molar-refractivity contribution in [2.45, 2.75) is 45.9 Å². The summed E-state index contributed by atoms with van der Waals surface area (Å²) in [6.45, 7) is 6.11. The fourth-order valence-corrected chi connectivity index (χ4v) is 5.45. The first-order valence-electron chi connectivity index (χ1n) is 16.0. The van der Waals surface area contributed by atoms with E-state index in [0.717, 1.165) is 5.02 Å². The van der Waals surface area contributed by atoms with Crippen LogP contribution in [0.1, 0.15) is 43.4 Å². The van der Waals surface area contributed by atoms with E-state index in [1.807, 2.05) is 34.9 Å². The minimum absolute atomic E-state index is 0. The van der Waals surface area contributed by atoms with Crippen LogP contribution in [0.5, 0.6) is 11.9 Å². The van der Waals surface area contributed by atoms with Crippen molar-refractivity contribution < 1.29 is 92.7 Å². The number of anilines is 1. The summed E-state index contributed by atoms with van der Waals surface area (Å²) in [6.07, 6.45) is 4.38. The molecular weight excluding hydrogens is 860 g/mol. The van der Waals surface area contributed by atoms with Gasteiger partial charge in [-0.2, -0.15) is 4.98 Å². The van der Waals surface area contributed by atoms with E-state index in [9.17, 15) is 14.4 Å². The quantitative estimate of drug-likeness (QED) is 0.112. The van der Waals surface area contributed by atoms with Crippen LogP contribution in [0.25, 0.3) is 11.4 Å². The predicted molar refractivity (Wildman–Crippen MR) is 203 cm³/mol. The maximum atomic E-state index is 13.6. The van der Waals surface area contributed by atoms with Crippen molar-refractivity contribution in [1.29, 1.82) is 0 Å². The molecule has 1 aliphatic rings. The third kappa shape index (κ3) is 12.6. The number of fused-ring (bicyclic) bond motifs is 1. The zero-order valence-corrected chi connectivity index (χ0v) is 39.5. The van der Waals surface area contributed by atoms with Gasteiger partial charge >= 0.3 is 81.0 Å². The van der Waals surface area contributed by atoms with E-state index in [0.29, 0.717) is 47.3 Å². The van der Waals surface area contributed by atoms with E-state index >= 15 is 0 Å². The fourth-order valence-electron chi connectivity index (χ4n) is 5.05. The smallest absolute Gasteiger partial charge is 0.480 e. The Balaban J connectivity index is 0.00000101. The summed E-state index contributed by atoms with van der Waals surface area (Å²) in [4.78, 5) is 52.9. The summed E-state index contributed by atoms with van der Waals surface area (Å²) in [7, 11) is 4.45. The van der Waals surface area contributed by atoms with Crippen LogP contribution in [0.3, 0.4) is 0 Å². The molecule has 4 aromatic rings. The van der Waals surface area contributed by atoms with Gasteiger partial charge in [0, 0.05) is 49.5 Å². The topological polar surface area (TPSA) is 198 Å². The minimum Gasteiger partial charge on any atom is -0.480 e. The number of carbonyl (C=O) groups excluding carboxylic acids is 2.